The highest BCUT2D eigenvalue weighted by Gasteiger charge is 2.10. The van der Waals surface area contributed by atoms with Gasteiger partial charge in [-0.15, -0.1) is 0 Å². The minimum Gasteiger partial charge on any atom is -0.305 e. The van der Waals surface area contributed by atoms with E-state index in [2.05, 4.69) is 10.4 Å². The summed E-state index contributed by atoms with van der Waals surface area (Å²) in [4.78, 5) is 12.1. The monoisotopic (exact) mass is 321 g/mol. The molecule has 1 N–H and O–H groups in total. The lowest BCUT2D eigenvalue weighted by atomic mass is 10.1. The van der Waals surface area contributed by atoms with Gasteiger partial charge in [0.1, 0.15) is 0 Å². The summed E-state index contributed by atoms with van der Waals surface area (Å²) in [7, 11) is -3.03. The number of rotatable bonds is 6. The van der Waals surface area contributed by atoms with Crippen LogP contribution in [0.2, 0.25) is 0 Å². The summed E-state index contributed by atoms with van der Waals surface area (Å²) < 4.78 is 24.4. The van der Waals surface area contributed by atoms with Crippen LogP contribution in [0.4, 0.5) is 5.82 Å². The van der Waals surface area contributed by atoms with E-state index >= 15 is 0 Å². The van der Waals surface area contributed by atoms with Crippen molar-refractivity contribution < 1.29 is 13.2 Å². The molecule has 0 aliphatic heterocycles. The quantitative estimate of drug-likeness (QED) is 0.881. The highest BCUT2D eigenvalue weighted by molar-refractivity contribution is 7.91. The van der Waals surface area contributed by atoms with Gasteiger partial charge in [0, 0.05) is 23.6 Å². The fourth-order valence-electron chi connectivity index (χ4n) is 1.90. The Morgan fingerprint density at radius 2 is 2.09 bits per heavy atom. The molecule has 0 atom stereocenters. The van der Waals surface area contributed by atoms with E-state index in [4.69, 9.17) is 0 Å². The first kappa shape index (κ1) is 16.2. The molecule has 1 heterocycles. The summed E-state index contributed by atoms with van der Waals surface area (Å²) in [6, 6.07) is 8.90. The van der Waals surface area contributed by atoms with Gasteiger partial charge in [0.25, 0.3) is 5.91 Å². The predicted molar refractivity (Wildman–Crippen MR) is 85.7 cm³/mol. The summed E-state index contributed by atoms with van der Waals surface area (Å²) in [5.41, 5.74) is 1.56. The Morgan fingerprint density at radius 3 is 2.77 bits per heavy atom. The minimum atomic E-state index is -3.03. The zero-order valence-electron chi connectivity index (χ0n) is 12.6. The molecule has 2 aromatic rings. The molecule has 0 saturated heterocycles. The van der Waals surface area contributed by atoms with E-state index in [0.29, 0.717) is 11.4 Å². The van der Waals surface area contributed by atoms with E-state index in [1.165, 1.54) is 4.68 Å². The summed E-state index contributed by atoms with van der Waals surface area (Å²) in [5, 5.41) is 6.85. The maximum Gasteiger partial charge on any atom is 0.256 e. The first-order chi connectivity index (χ1) is 10.4. The standard InChI is InChI=1S/C15H19N3O3S/c1-3-22(20,21)10-9-18-8-7-14(17-18)16-15(19)13-6-4-5-12(2)11-13/h4-8,11H,3,9-10H2,1-2H3,(H,16,17,19). The van der Waals surface area contributed by atoms with Crippen molar-refractivity contribution in [3.05, 3.63) is 47.7 Å². The van der Waals surface area contributed by atoms with Crippen molar-refractivity contribution in [3.63, 3.8) is 0 Å². The van der Waals surface area contributed by atoms with Crippen molar-refractivity contribution in [2.75, 3.05) is 16.8 Å². The molecule has 0 aliphatic carbocycles. The molecule has 0 radical (unpaired) electrons. The molecular formula is C15H19N3O3S. The van der Waals surface area contributed by atoms with Crippen LogP contribution in [0.1, 0.15) is 22.8 Å². The maximum atomic E-state index is 12.1. The Morgan fingerprint density at radius 1 is 1.32 bits per heavy atom. The number of aromatic nitrogens is 2. The van der Waals surface area contributed by atoms with Crippen LogP contribution in [-0.2, 0) is 16.4 Å². The van der Waals surface area contributed by atoms with Crippen molar-refractivity contribution in [3.8, 4) is 0 Å². The molecule has 1 aromatic carbocycles. The average Bonchev–Trinajstić information content (AvgIpc) is 2.93. The van der Waals surface area contributed by atoms with Crippen molar-refractivity contribution in [2.45, 2.75) is 20.4 Å². The van der Waals surface area contributed by atoms with E-state index < -0.39 is 9.84 Å². The second kappa shape index (κ2) is 6.74. The van der Waals surface area contributed by atoms with Gasteiger partial charge in [-0.2, -0.15) is 5.10 Å². The van der Waals surface area contributed by atoms with Gasteiger partial charge >= 0.3 is 0 Å². The fourth-order valence-corrected chi connectivity index (χ4v) is 2.66. The normalized spacial score (nSPS) is 11.4. The van der Waals surface area contributed by atoms with Crippen molar-refractivity contribution in [2.24, 2.45) is 0 Å². The first-order valence-electron chi connectivity index (χ1n) is 7.01. The zero-order chi connectivity index (χ0) is 16.2. The van der Waals surface area contributed by atoms with E-state index in [1.807, 2.05) is 19.1 Å². The van der Waals surface area contributed by atoms with Crippen molar-refractivity contribution in [1.82, 2.24) is 9.78 Å². The van der Waals surface area contributed by atoms with Gasteiger partial charge in [-0.25, -0.2) is 8.42 Å². The second-order valence-electron chi connectivity index (χ2n) is 5.02. The molecule has 6 nitrogen and oxygen atoms in total. The molecule has 22 heavy (non-hydrogen) atoms. The van der Waals surface area contributed by atoms with E-state index in [-0.39, 0.29) is 24.0 Å². The Labute approximate surface area is 130 Å². The molecule has 7 heteroatoms. The molecule has 0 saturated carbocycles. The van der Waals surface area contributed by atoms with Crippen LogP contribution < -0.4 is 5.32 Å². The topological polar surface area (TPSA) is 81.1 Å². The molecule has 2 rings (SSSR count). The number of amides is 1. The highest BCUT2D eigenvalue weighted by Crippen LogP contribution is 2.09. The molecule has 1 amide bonds. The molecule has 118 valence electrons. The smallest absolute Gasteiger partial charge is 0.256 e. The first-order valence-corrected chi connectivity index (χ1v) is 8.83. The number of benzene rings is 1. The number of anilines is 1. The average molecular weight is 321 g/mol. The Balaban J connectivity index is 1.99. The Hall–Kier alpha value is -2.15. The number of aryl methyl sites for hydroxylation is 2. The molecule has 0 fully saturated rings. The third-order valence-corrected chi connectivity index (χ3v) is 4.92. The number of nitrogens with zero attached hydrogens (tertiary/aromatic N) is 2. The van der Waals surface area contributed by atoms with Gasteiger partial charge < -0.3 is 5.32 Å². The van der Waals surface area contributed by atoms with E-state index in [1.54, 1.807) is 31.3 Å². The van der Waals surface area contributed by atoms with Crippen LogP contribution in [0, 0.1) is 6.92 Å². The Bertz CT molecular complexity index is 766. The van der Waals surface area contributed by atoms with E-state index in [9.17, 15) is 13.2 Å². The molecule has 0 unspecified atom stereocenters. The lowest BCUT2D eigenvalue weighted by Crippen LogP contribution is -2.16. The van der Waals surface area contributed by atoms with Crippen LogP contribution in [0.25, 0.3) is 0 Å². The summed E-state index contributed by atoms with van der Waals surface area (Å²) >= 11 is 0. The van der Waals surface area contributed by atoms with Gasteiger partial charge in [0.2, 0.25) is 0 Å². The van der Waals surface area contributed by atoms with Gasteiger partial charge in [-0.3, -0.25) is 9.48 Å². The van der Waals surface area contributed by atoms with Gasteiger partial charge in [0.15, 0.2) is 15.7 Å². The zero-order valence-corrected chi connectivity index (χ0v) is 13.4. The fraction of sp³-hybridized carbons (Fsp3) is 0.333. The van der Waals surface area contributed by atoms with Crippen LogP contribution in [0.15, 0.2) is 36.5 Å². The number of carbonyl (C=O) groups is 1. The van der Waals surface area contributed by atoms with Crippen molar-refractivity contribution >= 4 is 21.6 Å². The number of hydrogen-bond acceptors (Lipinski definition) is 4. The van der Waals surface area contributed by atoms with Crippen LogP contribution >= 0.6 is 0 Å². The third-order valence-electron chi connectivity index (χ3n) is 3.23. The Kier molecular flexibility index (Phi) is 4.97. The summed E-state index contributed by atoms with van der Waals surface area (Å²) in [5.74, 6) is 0.317. The van der Waals surface area contributed by atoms with Crippen LogP contribution in [0.5, 0.6) is 0 Å². The van der Waals surface area contributed by atoms with Crippen LogP contribution in [-0.4, -0.2) is 35.6 Å². The second-order valence-corrected chi connectivity index (χ2v) is 7.50. The predicted octanol–water partition coefficient (Wildman–Crippen LogP) is 1.88. The molecular weight excluding hydrogens is 302 g/mol. The summed E-state index contributed by atoms with van der Waals surface area (Å²) in [6.07, 6.45) is 1.65. The third kappa shape index (κ3) is 4.42. The van der Waals surface area contributed by atoms with Crippen LogP contribution in [0.3, 0.4) is 0 Å². The van der Waals surface area contributed by atoms with Crippen molar-refractivity contribution in [1.29, 1.82) is 0 Å². The lowest BCUT2D eigenvalue weighted by molar-refractivity contribution is 0.102. The SMILES string of the molecule is CCS(=O)(=O)CCn1ccc(NC(=O)c2cccc(C)c2)n1. The number of nitrogens with one attached hydrogen (secondary N) is 1. The molecule has 1 aromatic heterocycles. The largest absolute Gasteiger partial charge is 0.305 e. The van der Waals surface area contributed by atoms with Gasteiger partial charge in [0.05, 0.1) is 12.3 Å². The van der Waals surface area contributed by atoms with Gasteiger partial charge in [-0.1, -0.05) is 24.6 Å². The lowest BCUT2D eigenvalue weighted by Gasteiger charge is -2.04. The number of carbonyl (C=O) groups excluding carboxylic acids is 1. The minimum absolute atomic E-state index is 0.0381. The number of hydrogen-bond donors (Lipinski definition) is 1. The van der Waals surface area contributed by atoms with E-state index in [0.717, 1.165) is 5.56 Å². The highest BCUT2D eigenvalue weighted by atomic mass is 32.2. The molecule has 0 bridgehead atoms. The van der Waals surface area contributed by atoms with Gasteiger partial charge in [-0.05, 0) is 19.1 Å². The summed E-state index contributed by atoms with van der Waals surface area (Å²) in [6.45, 7) is 3.81. The number of sulfone groups is 1. The molecule has 0 spiro atoms. The maximum absolute atomic E-state index is 12.1. The molecule has 0 aliphatic rings.